The Kier molecular flexibility index (Phi) is 4.42. The van der Waals surface area contributed by atoms with Crippen molar-refractivity contribution >= 4 is 5.82 Å². The van der Waals surface area contributed by atoms with Crippen molar-refractivity contribution in [2.45, 2.75) is 32.7 Å². The van der Waals surface area contributed by atoms with Crippen LogP contribution in [0.2, 0.25) is 0 Å². The van der Waals surface area contributed by atoms with Crippen LogP contribution in [-0.4, -0.2) is 22.6 Å². The van der Waals surface area contributed by atoms with Gasteiger partial charge in [-0.3, -0.25) is 0 Å². The van der Waals surface area contributed by atoms with Crippen molar-refractivity contribution in [3.05, 3.63) is 17.8 Å². The van der Waals surface area contributed by atoms with Crippen molar-refractivity contribution in [2.24, 2.45) is 5.73 Å². The summed E-state index contributed by atoms with van der Waals surface area (Å²) in [5.74, 6) is -0.106. The largest absolute Gasteiger partial charge is 0.368 e. The molecule has 0 aliphatic heterocycles. The molecule has 1 heterocycles. The van der Waals surface area contributed by atoms with Crippen LogP contribution in [0.25, 0.3) is 0 Å². The van der Waals surface area contributed by atoms with E-state index in [1.165, 1.54) is 6.33 Å². The van der Waals surface area contributed by atoms with Gasteiger partial charge in [-0.15, -0.1) is 0 Å². The molecule has 0 aliphatic rings. The van der Waals surface area contributed by atoms with Crippen LogP contribution in [0.3, 0.4) is 0 Å². The predicted molar refractivity (Wildman–Crippen MR) is 58.1 cm³/mol. The fraction of sp³-hybridized carbons (Fsp3) is 0.600. The lowest BCUT2D eigenvalue weighted by Gasteiger charge is -2.08. The standard InChI is InChI=1S/C10H17FN4/c1-7(12)4-3-5-13-10-9(11)8(2)14-6-15-10/h6-7H,3-5,12H2,1-2H3,(H,13,14,15). The lowest BCUT2D eigenvalue weighted by molar-refractivity contribution is 0.600. The van der Waals surface area contributed by atoms with Crippen LogP contribution >= 0.6 is 0 Å². The zero-order valence-electron chi connectivity index (χ0n) is 9.13. The van der Waals surface area contributed by atoms with Gasteiger partial charge in [-0.1, -0.05) is 0 Å². The molecular weight excluding hydrogens is 195 g/mol. The number of aromatic nitrogens is 2. The Labute approximate surface area is 89.1 Å². The molecule has 1 unspecified atom stereocenters. The van der Waals surface area contributed by atoms with Crippen molar-refractivity contribution in [2.75, 3.05) is 11.9 Å². The fourth-order valence-corrected chi connectivity index (χ4v) is 1.21. The maximum atomic E-state index is 13.4. The summed E-state index contributed by atoms with van der Waals surface area (Å²) in [4.78, 5) is 7.58. The maximum Gasteiger partial charge on any atom is 0.186 e. The van der Waals surface area contributed by atoms with Crippen LogP contribution < -0.4 is 11.1 Å². The van der Waals surface area contributed by atoms with Crippen LogP contribution in [-0.2, 0) is 0 Å². The predicted octanol–water partition coefficient (Wildman–Crippen LogP) is 1.46. The van der Waals surface area contributed by atoms with Crippen molar-refractivity contribution in [3.8, 4) is 0 Å². The molecule has 84 valence electrons. The van der Waals surface area contributed by atoms with E-state index >= 15 is 0 Å². The van der Waals surface area contributed by atoms with Gasteiger partial charge in [-0.05, 0) is 26.7 Å². The van der Waals surface area contributed by atoms with E-state index in [0.717, 1.165) is 12.8 Å². The van der Waals surface area contributed by atoms with Gasteiger partial charge in [0.2, 0.25) is 0 Å². The third-order valence-corrected chi connectivity index (χ3v) is 2.09. The number of nitrogens with one attached hydrogen (secondary N) is 1. The van der Waals surface area contributed by atoms with Gasteiger partial charge in [0.1, 0.15) is 6.33 Å². The summed E-state index contributed by atoms with van der Waals surface area (Å²) in [6, 6.07) is 0.184. The van der Waals surface area contributed by atoms with Crippen molar-refractivity contribution in [1.82, 2.24) is 9.97 Å². The molecule has 0 bridgehead atoms. The number of halogens is 1. The van der Waals surface area contributed by atoms with Crippen LogP contribution in [0.1, 0.15) is 25.5 Å². The molecule has 0 radical (unpaired) electrons. The molecular formula is C10H17FN4. The van der Waals surface area contributed by atoms with Gasteiger partial charge in [-0.2, -0.15) is 0 Å². The minimum absolute atomic E-state index is 0.184. The molecule has 0 aliphatic carbocycles. The van der Waals surface area contributed by atoms with Crippen molar-refractivity contribution < 1.29 is 4.39 Å². The molecule has 0 fully saturated rings. The second-order valence-corrected chi connectivity index (χ2v) is 3.67. The van der Waals surface area contributed by atoms with Crippen LogP contribution in [0.15, 0.2) is 6.33 Å². The number of hydrogen-bond donors (Lipinski definition) is 2. The van der Waals surface area contributed by atoms with E-state index < -0.39 is 0 Å². The highest BCUT2D eigenvalue weighted by Gasteiger charge is 2.06. The first-order chi connectivity index (χ1) is 7.11. The molecule has 1 rings (SSSR count). The number of hydrogen-bond acceptors (Lipinski definition) is 4. The van der Waals surface area contributed by atoms with Gasteiger partial charge in [0.15, 0.2) is 11.6 Å². The highest BCUT2D eigenvalue weighted by molar-refractivity contribution is 5.36. The molecule has 1 aromatic heterocycles. The molecule has 1 aromatic rings. The van der Waals surface area contributed by atoms with E-state index in [0.29, 0.717) is 12.2 Å². The first kappa shape index (κ1) is 11.8. The lowest BCUT2D eigenvalue weighted by atomic mass is 10.2. The summed E-state index contributed by atoms with van der Waals surface area (Å²) < 4.78 is 13.4. The maximum absolute atomic E-state index is 13.4. The van der Waals surface area contributed by atoms with Gasteiger partial charge in [0.25, 0.3) is 0 Å². The molecule has 15 heavy (non-hydrogen) atoms. The number of rotatable bonds is 5. The zero-order valence-corrected chi connectivity index (χ0v) is 9.13. The molecule has 0 saturated heterocycles. The number of anilines is 1. The van der Waals surface area contributed by atoms with E-state index in [9.17, 15) is 4.39 Å². The molecule has 0 amide bonds. The van der Waals surface area contributed by atoms with Crippen LogP contribution in [0.4, 0.5) is 10.2 Å². The normalized spacial score (nSPS) is 12.5. The van der Waals surface area contributed by atoms with Gasteiger partial charge < -0.3 is 11.1 Å². The Morgan fingerprint density at radius 3 is 2.93 bits per heavy atom. The van der Waals surface area contributed by atoms with E-state index in [4.69, 9.17) is 5.73 Å². The molecule has 4 nitrogen and oxygen atoms in total. The third-order valence-electron chi connectivity index (χ3n) is 2.09. The van der Waals surface area contributed by atoms with Crippen LogP contribution in [0.5, 0.6) is 0 Å². The van der Waals surface area contributed by atoms with Crippen molar-refractivity contribution in [3.63, 3.8) is 0 Å². The van der Waals surface area contributed by atoms with Gasteiger partial charge in [0.05, 0.1) is 5.69 Å². The summed E-state index contributed by atoms with van der Waals surface area (Å²) in [7, 11) is 0. The van der Waals surface area contributed by atoms with E-state index in [1.807, 2.05) is 6.92 Å². The molecule has 0 spiro atoms. The SMILES string of the molecule is Cc1ncnc(NCCCC(C)N)c1F. The summed E-state index contributed by atoms with van der Waals surface area (Å²) in [5.41, 5.74) is 5.96. The number of nitrogens with two attached hydrogens (primary N) is 1. The average molecular weight is 212 g/mol. The zero-order chi connectivity index (χ0) is 11.3. The topological polar surface area (TPSA) is 63.8 Å². The second kappa shape index (κ2) is 5.60. The molecule has 3 N–H and O–H groups in total. The minimum atomic E-state index is -0.377. The highest BCUT2D eigenvalue weighted by Crippen LogP contribution is 2.11. The molecule has 5 heteroatoms. The number of nitrogens with zero attached hydrogens (tertiary/aromatic N) is 2. The van der Waals surface area contributed by atoms with Gasteiger partial charge >= 0.3 is 0 Å². The Morgan fingerprint density at radius 2 is 2.27 bits per heavy atom. The summed E-state index contributed by atoms with van der Waals surface area (Å²) in [6.45, 7) is 4.24. The first-order valence-electron chi connectivity index (χ1n) is 5.08. The first-order valence-corrected chi connectivity index (χ1v) is 5.08. The lowest BCUT2D eigenvalue weighted by Crippen LogP contribution is -2.16. The van der Waals surface area contributed by atoms with Gasteiger partial charge in [0, 0.05) is 12.6 Å². The Bertz CT molecular complexity index is 314. The van der Waals surface area contributed by atoms with E-state index in [-0.39, 0.29) is 17.7 Å². The fourth-order valence-electron chi connectivity index (χ4n) is 1.21. The monoisotopic (exact) mass is 212 g/mol. The average Bonchev–Trinajstić information content (AvgIpc) is 2.18. The summed E-state index contributed by atoms with van der Waals surface area (Å²) in [5, 5.41) is 2.93. The molecule has 0 saturated carbocycles. The summed E-state index contributed by atoms with van der Waals surface area (Å²) >= 11 is 0. The number of aryl methyl sites for hydroxylation is 1. The summed E-state index contributed by atoms with van der Waals surface area (Å²) in [6.07, 6.45) is 3.17. The Hall–Kier alpha value is -1.23. The van der Waals surface area contributed by atoms with Crippen LogP contribution in [0, 0.1) is 12.7 Å². The quantitative estimate of drug-likeness (QED) is 0.725. The van der Waals surface area contributed by atoms with Crippen molar-refractivity contribution in [1.29, 1.82) is 0 Å². The molecule has 1 atom stereocenters. The second-order valence-electron chi connectivity index (χ2n) is 3.67. The van der Waals surface area contributed by atoms with E-state index in [2.05, 4.69) is 15.3 Å². The smallest absolute Gasteiger partial charge is 0.186 e. The third kappa shape index (κ3) is 3.79. The molecule has 0 aromatic carbocycles. The Balaban J connectivity index is 2.41. The Morgan fingerprint density at radius 1 is 1.53 bits per heavy atom. The van der Waals surface area contributed by atoms with E-state index in [1.54, 1.807) is 6.92 Å². The highest BCUT2D eigenvalue weighted by atomic mass is 19.1. The minimum Gasteiger partial charge on any atom is -0.368 e. The van der Waals surface area contributed by atoms with Gasteiger partial charge in [-0.25, -0.2) is 14.4 Å².